The summed E-state index contributed by atoms with van der Waals surface area (Å²) in [7, 11) is 0. The highest BCUT2D eigenvalue weighted by molar-refractivity contribution is 5.94. The van der Waals surface area contributed by atoms with Gasteiger partial charge in [-0.3, -0.25) is 9.59 Å². The third-order valence-electron chi connectivity index (χ3n) is 2.15. The van der Waals surface area contributed by atoms with Gasteiger partial charge in [0.2, 0.25) is 11.8 Å². The van der Waals surface area contributed by atoms with E-state index in [0.717, 1.165) is 16.8 Å². The minimum Gasteiger partial charge on any atom is -0.347 e. The van der Waals surface area contributed by atoms with Crippen molar-refractivity contribution < 1.29 is 9.59 Å². The molecule has 0 spiro atoms. The highest BCUT2D eigenvalue weighted by atomic mass is 16.2. The highest BCUT2D eigenvalue weighted by Gasteiger charge is 2.04. The molecule has 4 heteroatoms. The standard InChI is InChI=1S/C12H16N2O2/c1-8-4-5-11(9(2)6-8)14-12(16)7-13-10(3)15/h4-6H,7H2,1-3H3,(H,13,15)(H,14,16). The molecule has 0 atom stereocenters. The van der Waals surface area contributed by atoms with Crippen LogP contribution < -0.4 is 10.6 Å². The number of benzene rings is 1. The Morgan fingerprint density at radius 3 is 2.50 bits per heavy atom. The van der Waals surface area contributed by atoms with Gasteiger partial charge in [-0.1, -0.05) is 17.7 Å². The van der Waals surface area contributed by atoms with Crippen LogP contribution in [0.4, 0.5) is 5.69 Å². The zero-order valence-electron chi connectivity index (χ0n) is 9.76. The minimum absolute atomic E-state index is 0.00263. The maximum Gasteiger partial charge on any atom is 0.243 e. The second kappa shape index (κ2) is 5.30. The molecular weight excluding hydrogens is 204 g/mol. The average molecular weight is 220 g/mol. The van der Waals surface area contributed by atoms with Gasteiger partial charge in [0.25, 0.3) is 0 Å². The summed E-state index contributed by atoms with van der Waals surface area (Å²) >= 11 is 0. The molecule has 0 aliphatic heterocycles. The fraction of sp³-hybridized carbons (Fsp3) is 0.333. The summed E-state index contributed by atoms with van der Waals surface area (Å²) in [6.45, 7) is 5.31. The van der Waals surface area contributed by atoms with Gasteiger partial charge in [-0.05, 0) is 25.5 Å². The number of carbonyl (C=O) groups is 2. The average Bonchev–Trinajstić information content (AvgIpc) is 2.19. The normalized spacial score (nSPS) is 9.69. The first-order chi connectivity index (χ1) is 7.49. The van der Waals surface area contributed by atoms with Crippen LogP contribution in [0.3, 0.4) is 0 Å². The number of hydrogen-bond acceptors (Lipinski definition) is 2. The molecule has 0 aliphatic rings. The molecule has 0 radical (unpaired) electrons. The Labute approximate surface area is 95.0 Å². The number of rotatable bonds is 3. The first-order valence-electron chi connectivity index (χ1n) is 5.10. The van der Waals surface area contributed by atoms with Crippen molar-refractivity contribution in [1.29, 1.82) is 0 Å². The zero-order chi connectivity index (χ0) is 12.1. The van der Waals surface area contributed by atoms with Gasteiger partial charge in [0, 0.05) is 12.6 Å². The van der Waals surface area contributed by atoms with E-state index in [9.17, 15) is 9.59 Å². The lowest BCUT2D eigenvalue weighted by molar-refractivity contribution is -0.122. The van der Waals surface area contributed by atoms with Crippen LogP contribution in [0, 0.1) is 13.8 Å². The van der Waals surface area contributed by atoms with Crippen LogP contribution in [-0.2, 0) is 9.59 Å². The van der Waals surface area contributed by atoms with E-state index in [0.29, 0.717) is 0 Å². The van der Waals surface area contributed by atoms with Gasteiger partial charge in [-0.15, -0.1) is 0 Å². The van der Waals surface area contributed by atoms with Gasteiger partial charge in [0.05, 0.1) is 6.54 Å². The van der Waals surface area contributed by atoms with Crippen LogP contribution in [0.1, 0.15) is 18.1 Å². The fourth-order valence-electron chi connectivity index (χ4n) is 1.35. The molecule has 0 bridgehead atoms. The minimum atomic E-state index is -0.220. The number of amides is 2. The summed E-state index contributed by atoms with van der Waals surface area (Å²) < 4.78 is 0. The lowest BCUT2D eigenvalue weighted by Gasteiger charge is -2.09. The third kappa shape index (κ3) is 3.73. The van der Waals surface area contributed by atoms with Crippen LogP contribution in [0.25, 0.3) is 0 Å². The molecule has 0 aromatic heterocycles. The van der Waals surface area contributed by atoms with Crippen molar-refractivity contribution in [2.24, 2.45) is 0 Å². The molecule has 1 aromatic carbocycles. The quantitative estimate of drug-likeness (QED) is 0.808. The Morgan fingerprint density at radius 1 is 1.25 bits per heavy atom. The summed E-state index contributed by atoms with van der Waals surface area (Å²) in [6, 6.07) is 5.78. The van der Waals surface area contributed by atoms with Gasteiger partial charge < -0.3 is 10.6 Å². The predicted molar refractivity (Wildman–Crippen MR) is 63.2 cm³/mol. The molecule has 0 aliphatic carbocycles. The van der Waals surface area contributed by atoms with Crippen LogP contribution in [0.5, 0.6) is 0 Å². The summed E-state index contributed by atoms with van der Waals surface area (Å²) in [6.07, 6.45) is 0. The SMILES string of the molecule is CC(=O)NCC(=O)Nc1ccc(C)cc1C. The maximum absolute atomic E-state index is 11.4. The lowest BCUT2D eigenvalue weighted by Crippen LogP contribution is -2.31. The second-order valence-electron chi connectivity index (χ2n) is 3.78. The lowest BCUT2D eigenvalue weighted by atomic mass is 10.1. The van der Waals surface area contributed by atoms with Gasteiger partial charge in [0.1, 0.15) is 0 Å². The Bertz CT molecular complexity index is 413. The van der Waals surface area contributed by atoms with E-state index in [2.05, 4.69) is 10.6 Å². The molecular formula is C12H16N2O2. The zero-order valence-corrected chi connectivity index (χ0v) is 9.76. The summed E-state index contributed by atoms with van der Waals surface area (Å²) in [5.74, 6) is -0.432. The summed E-state index contributed by atoms with van der Waals surface area (Å²) in [4.78, 5) is 22.0. The smallest absolute Gasteiger partial charge is 0.243 e. The summed E-state index contributed by atoms with van der Waals surface area (Å²) in [5, 5.41) is 5.18. The number of anilines is 1. The highest BCUT2D eigenvalue weighted by Crippen LogP contribution is 2.15. The molecule has 0 heterocycles. The molecule has 16 heavy (non-hydrogen) atoms. The molecule has 1 aromatic rings. The molecule has 1 rings (SSSR count). The Morgan fingerprint density at radius 2 is 1.94 bits per heavy atom. The number of carbonyl (C=O) groups excluding carboxylic acids is 2. The van der Waals surface area contributed by atoms with E-state index in [1.807, 2.05) is 32.0 Å². The topological polar surface area (TPSA) is 58.2 Å². The number of aryl methyl sites for hydroxylation is 2. The van der Waals surface area contributed by atoms with E-state index < -0.39 is 0 Å². The van der Waals surface area contributed by atoms with E-state index in [-0.39, 0.29) is 18.4 Å². The second-order valence-corrected chi connectivity index (χ2v) is 3.78. The van der Waals surface area contributed by atoms with Gasteiger partial charge in [0.15, 0.2) is 0 Å². The molecule has 0 fully saturated rings. The van der Waals surface area contributed by atoms with Gasteiger partial charge in [-0.2, -0.15) is 0 Å². The molecule has 0 saturated carbocycles. The Hall–Kier alpha value is -1.84. The molecule has 2 N–H and O–H groups in total. The third-order valence-corrected chi connectivity index (χ3v) is 2.15. The number of hydrogen-bond donors (Lipinski definition) is 2. The van der Waals surface area contributed by atoms with E-state index >= 15 is 0 Å². The molecule has 0 unspecified atom stereocenters. The Balaban J connectivity index is 2.59. The fourth-order valence-corrected chi connectivity index (χ4v) is 1.35. The van der Waals surface area contributed by atoms with Gasteiger partial charge in [-0.25, -0.2) is 0 Å². The Kier molecular flexibility index (Phi) is 4.05. The molecule has 4 nitrogen and oxygen atoms in total. The molecule has 0 saturated heterocycles. The van der Waals surface area contributed by atoms with Crippen molar-refractivity contribution in [1.82, 2.24) is 5.32 Å². The van der Waals surface area contributed by atoms with Crippen LogP contribution in [0.15, 0.2) is 18.2 Å². The van der Waals surface area contributed by atoms with Crippen molar-refractivity contribution in [3.05, 3.63) is 29.3 Å². The van der Waals surface area contributed by atoms with Crippen molar-refractivity contribution in [2.75, 3.05) is 11.9 Å². The van der Waals surface area contributed by atoms with Crippen molar-refractivity contribution >= 4 is 17.5 Å². The molecule has 2 amide bonds. The number of nitrogens with one attached hydrogen (secondary N) is 2. The summed E-state index contributed by atoms with van der Waals surface area (Å²) in [5.41, 5.74) is 2.94. The first kappa shape index (κ1) is 12.2. The van der Waals surface area contributed by atoms with Gasteiger partial charge >= 0.3 is 0 Å². The van der Waals surface area contributed by atoms with E-state index in [4.69, 9.17) is 0 Å². The van der Waals surface area contributed by atoms with Crippen LogP contribution >= 0.6 is 0 Å². The van der Waals surface area contributed by atoms with E-state index in [1.54, 1.807) is 0 Å². The van der Waals surface area contributed by atoms with Crippen molar-refractivity contribution in [2.45, 2.75) is 20.8 Å². The first-order valence-corrected chi connectivity index (χ1v) is 5.10. The van der Waals surface area contributed by atoms with Crippen LogP contribution in [-0.4, -0.2) is 18.4 Å². The van der Waals surface area contributed by atoms with Crippen molar-refractivity contribution in [3.8, 4) is 0 Å². The van der Waals surface area contributed by atoms with Crippen LogP contribution in [0.2, 0.25) is 0 Å². The largest absolute Gasteiger partial charge is 0.347 e. The van der Waals surface area contributed by atoms with E-state index in [1.165, 1.54) is 6.92 Å². The predicted octanol–water partition coefficient (Wildman–Crippen LogP) is 1.38. The maximum atomic E-state index is 11.4. The van der Waals surface area contributed by atoms with Crippen molar-refractivity contribution in [3.63, 3.8) is 0 Å². The molecule has 86 valence electrons. The monoisotopic (exact) mass is 220 g/mol.